The maximum Gasteiger partial charge on any atom is 0.472 e. The molecule has 0 amide bonds. The number of carbonyl (C=O) groups is 2. The van der Waals surface area contributed by atoms with E-state index in [-0.39, 0.29) is 32.0 Å². The molecule has 0 radical (unpaired) electrons. The van der Waals surface area contributed by atoms with Crippen LogP contribution in [0.1, 0.15) is 386 Å². The van der Waals surface area contributed by atoms with Gasteiger partial charge in [0.25, 0.3) is 0 Å². The molecule has 0 fully saturated rings. The van der Waals surface area contributed by atoms with Gasteiger partial charge in [0, 0.05) is 12.8 Å². The number of hydrogen-bond acceptors (Lipinski definition) is 7. The SMILES string of the molecule is CC/C=C\C/C=C\C/C=C\C/C=C\C/C=C\C/C=C\C/C=C\C/C=C\CCCCCCCCCCCCCCCCCCC(=O)OC(COC(=O)CCCCCCCCCCCCCCCCCCCCCCCCCCC/C=C\C/C=C\C/C=C\C/C=C\C/C=C\CC)COP(=O)(O)OCC[N+](C)(C)C. The van der Waals surface area contributed by atoms with Gasteiger partial charge in [-0.15, -0.1) is 0 Å². The van der Waals surface area contributed by atoms with Crippen molar-refractivity contribution < 1.29 is 42.1 Å². The molecule has 0 aromatic heterocycles. The van der Waals surface area contributed by atoms with Crippen LogP contribution in [0.5, 0.6) is 0 Å². The standard InChI is InChI=1S/C96H166NO8P/c1-6-8-10-12-14-16-18-20-22-24-26-28-30-32-34-36-38-40-42-44-46-48-50-52-54-56-58-60-62-64-66-68-70-72-74-76-78-80-82-84-86-88-95(98)102-92-94(93-104-106(100,101)103-91-90-97(3,4)5)105-96(99)89-87-85-83-81-79-77-75-73-71-69-67-65-63-61-59-57-55-53-51-49-47-45-43-41-39-37-35-33-31-29-27-25-23-21-19-17-15-13-11-9-7-2/h8-11,14-17,20-23,26-29,32-35,39,41,45,47,51,53,94H,6-7,12-13,18-19,24-25,30-31,36-38,40,42-44,46,48-50,52,54-93H2,1-5H3/p+1/b10-8-,11-9-,16-14-,17-15-,22-20-,23-21-,28-26-,29-27-,34-32-,35-33-,41-39-,47-45-,53-51-. The van der Waals surface area contributed by atoms with E-state index in [1.807, 2.05) is 21.1 Å². The molecule has 0 aromatic carbocycles. The van der Waals surface area contributed by atoms with Crippen molar-refractivity contribution in [1.29, 1.82) is 0 Å². The number of carbonyl (C=O) groups excluding carboxylic acids is 2. The predicted molar refractivity (Wildman–Crippen MR) is 463 cm³/mol. The number of quaternary nitrogens is 1. The molecular weight excluding hydrogens is 1330 g/mol. The summed E-state index contributed by atoms with van der Waals surface area (Å²) in [5, 5.41) is 0. The fourth-order valence-corrected chi connectivity index (χ4v) is 13.2. The third-order valence-corrected chi connectivity index (χ3v) is 20.0. The Bertz CT molecular complexity index is 2360. The lowest BCUT2D eigenvalue weighted by Gasteiger charge is -2.24. The summed E-state index contributed by atoms with van der Waals surface area (Å²) in [6, 6.07) is 0. The van der Waals surface area contributed by atoms with Crippen LogP contribution in [-0.2, 0) is 32.7 Å². The molecule has 106 heavy (non-hydrogen) atoms. The molecule has 9 nitrogen and oxygen atoms in total. The summed E-state index contributed by atoms with van der Waals surface area (Å²) < 4.78 is 34.9. The predicted octanol–water partition coefficient (Wildman–Crippen LogP) is 30.2. The zero-order chi connectivity index (χ0) is 76.8. The molecule has 0 saturated carbocycles. The molecule has 2 atom stereocenters. The molecule has 0 aliphatic rings. The molecule has 0 aliphatic heterocycles. The number of phosphoric ester groups is 1. The van der Waals surface area contributed by atoms with Gasteiger partial charge in [-0.25, -0.2) is 4.57 Å². The third-order valence-electron chi connectivity index (χ3n) is 19.1. The molecule has 10 heteroatoms. The molecule has 0 aromatic rings. The van der Waals surface area contributed by atoms with Gasteiger partial charge in [-0.3, -0.25) is 18.6 Å². The van der Waals surface area contributed by atoms with Crippen molar-refractivity contribution in [2.24, 2.45) is 0 Å². The van der Waals surface area contributed by atoms with Gasteiger partial charge in [0.1, 0.15) is 19.8 Å². The Kier molecular flexibility index (Phi) is 81.2. The average Bonchev–Trinajstić information content (AvgIpc) is 0.908. The molecule has 0 bridgehead atoms. The van der Waals surface area contributed by atoms with Crippen LogP contribution in [0.2, 0.25) is 0 Å². The van der Waals surface area contributed by atoms with E-state index in [2.05, 4.69) is 172 Å². The second kappa shape index (κ2) is 84.6. The van der Waals surface area contributed by atoms with Crippen molar-refractivity contribution >= 4 is 19.8 Å². The zero-order valence-corrected chi connectivity index (χ0v) is 70.5. The lowest BCUT2D eigenvalue weighted by molar-refractivity contribution is -0.870. The van der Waals surface area contributed by atoms with Crippen LogP contribution in [0.3, 0.4) is 0 Å². The van der Waals surface area contributed by atoms with Crippen LogP contribution in [0, 0.1) is 0 Å². The van der Waals surface area contributed by atoms with Crippen molar-refractivity contribution in [3.05, 3.63) is 158 Å². The lowest BCUT2D eigenvalue weighted by Crippen LogP contribution is -2.37. The van der Waals surface area contributed by atoms with Crippen LogP contribution in [0.4, 0.5) is 0 Å². The highest BCUT2D eigenvalue weighted by molar-refractivity contribution is 7.47. The van der Waals surface area contributed by atoms with Gasteiger partial charge >= 0.3 is 19.8 Å². The second-order valence-electron chi connectivity index (χ2n) is 30.5. The third kappa shape index (κ3) is 88.5. The van der Waals surface area contributed by atoms with Gasteiger partial charge in [0.05, 0.1) is 27.7 Å². The van der Waals surface area contributed by atoms with Crippen molar-refractivity contribution in [1.82, 2.24) is 0 Å². The first-order valence-corrected chi connectivity index (χ1v) is 45.7. The molecule has 0 heterocycles. The summed E-state index contributed by atoms with van der Waals surface area (Å²) >= 11 is 0. The minimum absolute atomic E-state index is 0.0292. The zero-order valence-electron chi connectivity index (χ0n) is 69.6. The number of ether oxygens (including phenoxy) is 2. The normalized spacial score (nSPS) is 13.8. The number of nitrogens with zero attached hydrogens (tertiary/aromatic N) is 1. The summed E-state index contributed by atoms with van der Waals surface area (Å²) in [6.07, 6.45) is 127. The number of esters is 2. The first-order valence-electron chi connectivity index (χ1n) is 44.2. The van der Waals surface area contributed by atoms with Crippen molar-refractivity contribution in [3.8, 4) is 0 Å². The van der Waals surface area contributed by atoms with Crippen molar-refractivity contribution in [2.75, 3.05) is 47.5 Å². The molecule has 2 unspecified atom stereocenters. The van der Waals surface area contributed by atoms with Crippen LogP contribution in [0.25, 0.3) is 0 Å². The molecule has 0 aliphatic carbocycles. The van der Waals surface area contributed by atoms with Gasteiger partial charge in [-0.05, 0) is 122 Å². The second-order valence-corrected chi connectivity index (χ2v) is 32.0. The van der Waals surface area contributed by atoms with Gasteiger partial charge in [-0.2, -0.15) is 0 Å². The van der Waals surface area contributed by atoms with E-state index in [1.54, 1.807) is 0 Å². The van der Waals surface area contributed by atoms with Gasteiger partial charge < -0.3 is 18.9 Å². The number of allylic oxidation sites excluding steroid dienone is 26. The van der Waals surface area contributed by atoms with Gasteiger partial charge in [0.15, 0.2) is 6.10 Å². The summed E-state index contributed by atoms with van der Waals surface area (Å²) in [6.45, 7) is 4.24. The Balaban J connectivity index is 3.91. The fourth-order valence-electron chi connectivity index (χ4n) is 12.4. The molecule has 0 saturated heterocycles. The molecular formula is C96H167NO8P+. The monoisotopic (exact) mass is 1490 g/mol. The van der Waals surface area contributed by atoms with Crippen LogP contribution < -0.4 is 0 Å². The summed E-state index contributed by atoms with van der Waals surface area (Å²) in [5.41, 5.74) is 0. The maximum absolute atomic E-state index is 13.0. The Morgan fingerprint density at radius 1 is 0.292 bits per heavy atom. The Labute approximate surface area is 656 Å². The van der Waals surface area contributed by atoms with Crippen molar-refractivity contribution in [3.63, 3.8) is 0 Å². The van der Waals surface area contributed by atoms with Crippen LogP contribution >= 0.6 is 7.82 Å². The number of phosphoric acid groups is 1. The highest BCUT2D eigenvalue weighted by Crippen LogP contribution is 2.43. The van der Waals surface area contributed by atoms with Crippen LogP contribution in [0.15, 0.2) is 158 Å². The van der Waals surface area contributed by atoms with E-state index in [0.29, 0.717) is 17.4 Å². The number of rotatable bonds is 81. The van der Waals surface area contributed by atoms with E-state index in [9.17, 15) is 19.0 Å². The molecule has 1 N–H and O–H groups in total. The number of hydrogen-bond donors (Lipinski definition) is 1. The first-order chi connectivity index (χ1) is 52.0. The van der Waals surface area contributed by atoms with Gasteiger partial charge in [-0.1, -0.05) is 409 Å². The Hall–Kier alpha value is -4.37. The van der Waals surface area contributed by atoms with E-state index in [4.69, 9.17) is 18.5 Å². The van der Waals surface area contributed by atoms with Crippen molar-refractivity contribution in [2.45, 2.75) is 392 Å². The van der Waals surface area contributed by atoms with E-state index >= 15 is 0 Å². The highest BCUT2D eigenvalue weighted by Gasteiger charge is 2.27. The quantitative estimate of drug-likeness (QED) is 0.0211. The van der Waals surface area contributed by atoms with E-state index < -0.39 is 26.5 Å². The molecule has 0 rings (SSSR count). The first kappa shape index (κ1) is 102. The summed E-state index contributed by atoms with van der Waals surface area (Å²) in [7, 11) is 1.48. The smallest absolute Gasteiger partial charge is 0.462 e. The Morgan fingerprint density at radius 2 is 0.509 bits per heavy atom. The summed E-state index contributed by atoms with van der Waals surface area (Å²) in [5.74, 6) is -0.784. The largest absolute Gasteiger partial charge is 0.472 e. The van der Waals surface area contributed by atoms with E-state index in [1.165, 1.54) is 231 Å². The minimum Gasteiger partial charge on any atom is -0.462 e. The average molecular weight is 1490 g/mol. The number of likely N-dealkylation sites (N-methyl/N-ethyl adjacent to an activating group) is 1. The molecule has 0 spiro atoms. The highest BCUT2D eigenvalue weighted by atomic mass is 31.2. The minimum atomic E-state index is -4.40. The summed E-state index contributed by atoms with van der Waals surface area (Å²) in [4.78, 5) is 36.1. The molecule has 608 valence electrons. The Morgan fingerprint density at radius 3 is 0.755 bits per heavy atom. The van der Waals surface area contributed by atoms with Crippen LogP contribution in [-0.4, -0.2) is 74.9 Å². The topological polar surface area (TPSA) is 108 Å². The lowest BCUT2D eigenvalue weighted by atomic mass is 10.0. The number of unbranched alkanes of at least 4 members (excludes halogenated alkanes) is 41. The fraction of sp³-hybridized carbons (Fsp3) is 0.708. The van der Waals surface area contributed by atoms with Gasteiger partial charge in [0.2, 0.25) is 0 Å². The maximum atomic E-state index is 13.0. The van der Waals surface area contributed by atoms with E-state index in [0.717, 1.165) is 122 Å².